The number of rotatable bonds is 7. The van der Waals surface area contributed by atoms with E-state index in [9.17, 15) is 4.79 Å². The number of ether oxygens (including phenoxy) is 1. The molecule has 0 bridgehead atoms. The minimum absolute atomic E-state index is 0.0255. The first-order chi connectivity index (χ1) is 17.1. The second-order valence-electron chi connectivity index (χ2n) is 8.83. The number of carbonyl (C=O) groups excluding carboxylic acids is 1. The van der Waals surface area contributed by atoms with Gasteiger partial charge in [0, 0.05) is 17.8 Å². The number of nitrogens with one attached hydrogen (secondary N) is 1. The van der Waals surface area contributed by atoms with Crippen LogP contribution in [-0.4, -0.2) is 34.0 Å². The highest BCUT2D eigenvalue weighted by Crippen LogP contribution is 2.25. The molecule has 0 saturated carbocycles. The van der Waals surface area contributed by atoms with Crippen LogP contribution in [0.5, 0.6) is 11.5 Å². The van der Waals surface area contributed by atoms with E-state index in [1.807, 2.05) is 85.8 Å². The van der Waals surface area contributed by atoms with E-state index in [1.54, 1.807) is 0 Å². The second kappa shape index (κ2) is 10.5. The van der Waals surface area contributed by atoms with Crippen LogP contribution in [0, 0.1) is 12.8 Å². The third kappa shape index (κ3) is 5.75. The molecule has 1 unspecified atom stereocenters. The fourth-order valence-electron chi connectivity index (χ4n) is 4.33. The Morgan fingerprint density at radius 1 is 1.03 bits per heavy atom. The molecule has 4 aromatic rings. The van der Waals surface area contributed by atoms with E-state index in [-0.39, 0.29) is 11.8 Å². The van der Waals surface area contributed by atoms with Gasteiger partial charge in [-0.25, -0.2) is 0 Å². The Balaban J connectivity index is 1.16. The predicted molar refractivity (Wildman–Crippen MR) is 134 cm³/mol. The van der Waals surface area contributed by atoms with E-state index >= 15 is 0 Å². The molecule has 2 heterocycles. The summed E-state index contributed by atoms with van der Waals surface area (Å²) in [6.07, 6.45) is 1.80. The third-order valence-corrected chi connectivity index (χ3v) is 6.19. The summed E-state index contributed by atoms with van der Waals surface area (Å²) in [6, 6.07) is 25.0. The highest BCUT2D eigenvalue weighted by Gasteiger charge is 2.27. The third-order valence-electron chi connectivity index (χ3n) is 6.19. The first-order valence-corrected chi connectivity index (χ1v) is 11.9. The molecule has 1 atom stereocenters. The number of para-hydroxylation sites is 1. The van der Waals surface area contributed by atoms with Crippen LogP contribution in [0.25, 0.3) is 11.4 Å². The van der Waals surface area contributed by atoms with Gasteiger partial charge in [0.15, 0.2) is 0 Å². The van der Waals surface area contributed by atoms with Crippen molar-refractivity contribution in [3.8, 4) is 22.9 Å². The van der Waals surface area contributed by atoms with Crippen molar-refractivity contribution >= 4 is 11.6 Å². The molecular formula is C28H28N4O3. The van der Waals surface area contributed by atoms with Crippen molar-refractivity contribution in [1.29, 1.82) is 0 Å². The average Bonchev–Trinajstić information content (AvgIpc) is 3.34. The number of likely N-dealkylation sites (tertiary alicyclic amines) is 1. The van der Waals surface area contributed by atoms with Crippen LogP contribution in [0.4, 0.5) is 5.69 Å². The van der Waals surface area contributed by atoms with E-state index in [0.717, 1.165) is 47.7 Å². The van der Waals surface area contributed by atoms with Crippen molar-refractivity contribution in [3.63, 3.8) is 0 Å². The minimum Gasteiger partial charge on any atom is -0.457 e. The van der Waals surface area contributed by atoms with Crippen molar-refractivity contribution < 1.29 is 14.1 Å². The van der Waals surface area contributed by atoms with Crippen molar-refractivity contribution in [2.24, 2.45) is 5.92 Å². The molecule has 0 radical (unpaired) electrons. The predicted octanol–water partition coefficient (Wildman–Crippen LogP) is 5.69. The van der Waals surface area contributed by atoms with Crippen molar-refractivity contribution in [2.45, 2.75) is 26.3 Å². The summed E-state index contributed by atoms with van der Waals surface area (Å²) < 4.78 is 11.3. The van der Waals surface area contributed by atoms with Crippen LogP contribution in [0.15, 0.2) is 83.4 Å². The van der Waals surface area contributed by atoms with Gasteiger partial charge in [-0.1, -0.05) is 47.6 Å². The molecule has 1 N–H and O–H groups in total. The van der Waals surface area contributed by atoms with Gasteiger partial charge in [0.2, 0.25) is 17.6 Å². The number of benzene rings is 3. The lowest BCUT2D eigenvalue weighted by molar-refractivity contribution is -0.121. The minimum atomic E-state index is -0.0947. The Bertz CT molecular complexity index is 1270. The smallest absolute Gasteiger partial charge is 0.241 e. The molecule has 3 aromatic carbocycles. The summed E-state index contributed by atoms with van der Waals surface area (Å²) in [6.45, 7) is 4.12. The zero-order valence-corrected chi connectivity index (χ0v) is 19.7. The first-order valence-electron chi connectivity index (χ1n) is 11.9. The number of aromatic nitrogens is 2. The van der Waals surface area contributed by atoms with E-state index in [0.29, 0.717) is 24.8 Å². The number of amides is 1. The van der Waals surface area contributed by atoms with Gasteiger partial charge in [-0.2, -0.15) is 4.98 Å². The Labute approximate surface area is 204 Å². The van der Waals surface area contributed by atoms with Crippen molar-refractivity contribution in [3.05, 3.63) is 90.3 Å². The number of hydrogen-bond donors (Lipinski definition) is 1. The van der Waals surface area contributed by atoms with Crippen molar-refractivity contribution in [1.82, 2.24) is 15.0 Å². The summed E-state index contributed by atoms with van der Waals surface area (Å²) >= 11 is 0. The fraction of sp³-hybridized carbons (Fsp3) is 0.250. The number of anilines is 1. The molecule has 5 rings (SSSR count). The number of hydrogen-bond acceptors (Lipinski definition) is 6. The highest BCUT2D eigenvalue weighted by atomic mass is 16.5. The molecule has 178 valence electrons. The van der Waals surface area contributed by atoms with E-state index in [2.05, 4.69) is 20.4 Å². The van der Waals surface area contributed by atoms with E-state index < -0.39 is 0 Å². The van der Waals surface area contributed by atoms with Crippen LogP contribution in [-0.2, 0) is 11.3 Å². The largest absolute Gasteiger partial charge is 0.457 e. The molecular weight excluding hydrogens is 440 g/mol. The maximum atomic E-state index is 12.9. The summed E-state index contributed by atoms with van der Waals surface area (Å²) in [5, 5.41) is 7.20. The van der Waals surface area contributed by atoms with Gasteiger partial charge in [0.25, 0.3) is 0 Å². The molecule has 1 aliphatic heterocycles. The topological polar surface area (TPSA) is 80.5 Å². The first kappa shape index (κ1) is 22.8. The maximum absolute atomic E-state index is 12.9. The maximum Gasteiger partial charge on any atom is 0.241 e. The van der Waals surface area contributed by atoms with E-state index in [4.69, 9.17) is 9.26 Å². The number of aryl methyl sites for hydroxylation is 1. The van der Waals surface area contributed by atoms with Gasteiger partial charge in [0.1, 0.15) is 11.5 Å². The van der Waals surface area contributed by atoms with Crippen LogP contribution in [0.1, 0.15) is 24.3 Å². The zero-order chi connectivity index (χ0) is 24.0. The number of carbonyl (C=O) groups is 1. The monoisotopic (exact) mass is 468 g/mol. The molecule has 1 saturated heterocycles. The fourth-order valence-corrected chi connectivity index (χ4v) is 4.33. The molecule has 7 heteroatoms. The molecule has 0 aliphatic carbocycles. The summed E-state index contributed by atoms with van der Waals surface area (Å²) in [7, 11) is 0. The van der Waals surface area contributed by atoms with Crippen LogP contribution < -0.4 is 10.1 Å². The lowest BCUT2D eigenvalue weighted by atomic mass is 9.97. The molecule has 35 heavy (non-hydrogen) atoms. The summed E-state index contributed by atoms with van der Waals surface area (Å²) in [5.74, 6) is 2.60. The van der Waals surface area contributed by atoms with Gasteiger partial charge in [-0.15, -0.1) is 0 Å². The van der Waals surface area contributed by atoms with Crippen LogP contribution in [0.3, 0.4) is 0 Å². The van der Waals surface area contributed by atoms with Crippen molar-refractivity contribution in [2.75, 3.05) is 18.4 Å². The number of piperidine rings is 1. The molecule has 1 aliphatic rings. The zero-order valence-electron chi connectivity index (χ0n) is 19.7. The SMILES string of the molecule is Cc1ccccc1-c1noc(CN2CCCC(C(=O)Nc3ccc(Oc4ccccc4)cc3)C2)n1. The van der Waals surface area contributed by atoms with Gasteiger partial charge in [0.05, 0.1) is 12.5 Å². The molecule has 1 aromatic heterocycles. The van der Waals surface area contributed by atoms with E-state index in [1.165, 1.54) is 0 Å². The number of nitrogens with zero attached hydrogens (tertiary/aromatic N) is 3. The molecule has 1 fully saturated rings. The van der Waals surface area contributed by atoms with Gasteiger partial charge in [-0.05, 0) is 68.3 Å². The second-order valence-corrected chi connectivity index (χ2v) is 8.83. The lowest BCUT2D eigenvalue weighted by Gasteiger charge is -2.30. The normalized spacial score (nSPS) is 16.1. The van der Waals surface area contributed by atoms with Gasteiger partial charge >= 0.3 is 0 Å². The quantitative estimate of drug-likeness (QED) is 0.375. The Kier molecular flexibility index (Phi) is 6.86. The standard InChI is InChI=1S/C28H28N4O3/c1-20-8-5-6-12-25(20)27-30-26(35-31-27)19-32-17-7-9-21(18-32)28(33)29-22-13-15-24(16-14-22)34-23-10-3-2-4-11-23/h2-6,8,10-16,21H,7,9,17-19H2,1H3,(H,29,33). The molecule has 1 amide bonds. The van der Waals surface area contributed by atoms with Crippen LogP contribution >= 0.6 is 0 Å². The molecule has 0 spiro atoms. The summed E-state index contributed by atoms with van der Waals surface area (Å²) in [5.41, 5.74) is 2.83. The Morgan fingerprint density at radius 2 is 1.77 bits per heavy atom. The van der Waals surface area contributed by atoms with Gasteiger partial charge < -0.3 is 14.6 Å². The summed E-state index contributed by atoms with van der Waals surface area (Å²) in [4.78, 5) is 19.7. The van der Waals surface area contributed by atoms with Gasteiger partial charge in [-0.3, -0.25) is 9.69 Å². The average molecular weight is 469 g/mol. The molecule has 7 nitrogen and oxygen atoms in total. The Hall–Kier alpha value is -3.97. The van der Waals surface area contributed by atoms with Crippen LogP contribution in [0.2, 0.25) is 0 Å². The lowest BCUT2D eigenvalue weighted by Crippen LogP contribution is -2.40. The highest BCUT2D eigenvalue weighted by molar-refractivity contribution is 5.92. The Morgan fingerprint density at radius 3 is 2.57 bits per heavy atom.